The molecule has 1 atom stereocenters. The van der Waals surface area contributed by atoms with Gasteiger partial charge in [-0.15, -0.1) is 0 Å². The van der Waals surface area contributed by atoms with Crippen molar-refractivity contribution in [3.63, 3.8) is 0 Å². The fourth-order valence-corrected chi connectivity index (χ4v) is 2.56. The van der Waals surface area contributed by atoms with Crippen molar-refractivity contribution in [2.75, 3.05) is 0 Å². The van der Waals surface area contributed by atoms with Crippen LogP contribution in [0.25, 0.3) is 0 Å². The van der Waals surface area contributed by atoms with Gasteiger partial charge in [-0.1, -0.05) is 65.0 Å². The Hall–Kier alpha value is -1.31. The number of carbonyl (C=O) groups is 1. The fraction of sp³-hybridized carbons (Fsp3) is 0.667. The van der Waals surface area contributed by atoms with Gasteiger partial charge in [0.2, 0.25) is 0 Å². The molecule has 1 unspecified atom stereocenters. The topological polar surface area (TPSA) is 26.3 Å². The zero-order valence-corrected chi connectivity index (χ0v) is 16.0. The smallest absolute Gasteiger partial charge is 0.309 e. The lowest BCUT2D eigenvalue weighted by atomic mass is 9.79. The Morgan fingerprint density at radius 3 is 2.09 bits per heavy atom. The second-order valence-corrected chi connectivity index (χ2v) is 8.54. The highest BCUT2D eigenvalue weighted by Gasteiger charge is 2.30. The molecule has 0 fully saturated rings. The first kappa shape index (κ1) is 19.7. The maximum absolute atomic E-state index is 12.2. The third kappa shape index (κ3) is 7.20. The average Bonchev–Trinajstić information content (AvgIpc) is 2.44. The Kier molecular flexibility index (Phi) is 6.85. The second kappa shape index (κ2) is 7.99. The molecular weight excluding hydrogens is 284 g/mol. The summed E-state index contributed by atoms with van der Waals surface area (Å²) in [4.78, 5) is 12.2. The molecule has 130 valence electrons. The SMILES string of the molecule is CC(C)C(C)C(=O)OC(C)(C)CCC(C)(C)Cc1ccccc1. The van der Waals surface area contributed by atoms with Crippen LogP contribution in [-0.4, -0.2) is 11.6 Å². The van der Waals surface area contributed by atoms with Crippen molar-refractivity contribution >= 4 is 5.97 Å². The molecule has 2 nitrogen and oxygen atoms in total. The van der Waals surface area contributed by atoms with Gasteiger partial charge in [0.05, 0.1) is 5.92 Å². The minimum Gasteiger partial charge on any atom is -0.459 e. The predicted molar refractivity (Wildman–Crippen MR) is 97.3 cm³/mol. The highest BCUT2D eigenvalue weighted by atomic mass is 16.6. The standard InChI is InChI=1S/C21H34O2/c1-16(2)17(3)19(22)23-21(6,7)14-13-20(4,5)15-18-11-9-8-10-12-18/h8-12,16-17H,13-15H2,1-7H3. The number of esters is 1. The van der Waals surface area contributed by atoms with Crippen LogP contribution in [0, 0.1) is 17.3 Å². The van der Waals surface area contributed by atoms with Gasteiger partial charge < -0.3 is 4.74 Å². The quantitative estimate of drug-likeness (QED) is 0.579. The highest BCUT2D eigenvalue weighted by Crippen LogP contribution is 2.32. The van der Waals surface area contributed by atoms with E-state index in [4.69, 9.17) is 4.74 Å². The molecule has 0 aliphatic heterocycles. The maximum atomic E-state index is 12.2. The Labute approximate surface area is 142 Å². The van der Waals surface area contributed by atoms with E-state index in [2.05, 4.69) is 58.0 Å². The molecule has 0 bridgehead atoms. The van der Waals surface area contributed by atoms with Gasteiger partial charge in [0.25, 0.3) is 0 Å². The van der Waals surface area contributed by atoms with Gasteiger partial charge in [-0.25, -0.2) is 0 Å². The van der Waals surface area contributed by atoms with Gasteiger partial charge in [0.15, 0.2) is 0 Å². The molecule has 0 heterocycles. The van der Waals surface area contributed by atoms with E-state index < -0.39 is 5.60 Å². The largest absolute Gasteiger partial charge is 0.459 e. The lowest BCUT2D eigenvalue weighted by molar-refractivity contribution is -0.163. The Morgan fingerprint density at radius 2 is 1.57 bits per heavy atom. The molecule has 0 radical (unpaired) electrons. The van der Waals surface area contributed by atoms with Crippen LogP contribution in [-0.2, 0) is 16.0 Å². The molecule has 0 spiro atoms. The van der Waals surface area contributed by atoms with E-state index in [-0.39, 0.29) is 17.3 Å². The molecule has 0 N–H and O–H groups in total. The molecule has 0 saturated carbocycles. The Bertz CT molecular complexity index is 486. The highest BCUT2D eigenvalue weighted by molar-refractivity contribution is 5.72. The summed E-state index contributed by atoms with van der Waals surface area (Å²) in [5.41, 5.74) is 1.14. The van der Waals surface area contributed by atoms with Crippen molar-refractivity contribution in [2.45, 2.75) is 73.3 Å². The van der Waals surface area contributed by atoms with E-state index in [1.807, 2.05) is 20.8 Å². The van der Waals surface area contributed by atoms with Crippen LogP contribution in [0.1, 0.15) is 66.9 Å². The first-order chi connectivity index (χ1) is 10.5. The molecule has 0 aliphatic carbocycles. The van der Waals surface area contributed by atoms with E-state index in [1.54, 1.807) is 0 Å². The zero-order chi connectivity index (χ0) is 17.7. The average molecular weight is 319 g/mol. The third-order valence-corrected chi connectivity index (χ3v) is 4.68. The van der Waals surface area contributed by atoms with Crippen molar-refractivity contribution in [3.05, 3.63) is 35.9 Å². The lowest BCUT2D eigenvalue weighted by Crippen LogP contribution is -2.33. The van der Waals surface area contributed by atoms with Crippen LogP contribution in [0.5, 0.6) is 0 Å². The first-order valence-electron chi connectivity index (χ1n) is 8.79. The third-order valence-electron chi connectivity index (χ3n) is 4.68. The summed E-state index contributed by atoms with van der Waals surface area (Å²) >= 11 is 0. The Morgan fingerprint density at radius 1 is 1.00 bits per heavy atom. The molecule has 0 amide bonds. The number of rotatable bonds is 8. The van der Waals surface area contributed by atoms with Crippen LogP contribution in [0.3, 0.4) is 0 Å². The van der Waals surface area contributed by atoms with Crippen molar-refractivity contribution < 1.29 is 9.53 Å². The van der Waals surface area contributed by atoms with Crippen molar-refractivity contribution in [1.82, 2.24) is 0 Å². The van der Waals surface area contributed by atoms with Gasteiger partial charge in [0, 0.05) is 0 Å². The molecule has 1 aromatic carbocycles. The summed E-state index contributed by atoms with van der Waals surface area (Å²) in [7, 11) is 0. The van der Waals surface area contributed by atoms with Gasteiger partial charge in [0.1, 0.15) is 5.60 Å². The summed E-state index contributed by atoms with van der Waals surface area (Å²) in [6, 6.07) is 10.6. The summed E-state index contributed by atoms with van der Waals surface area (Å²) in [5, 5.41) is 0. The van der Waals surface area contributed by atoms with Crippen LogP contribution in [0.4, 0.5) is 0 Å². The minimum atomic E-state index is -0.409. The van der Waals surface area contributed by atoms with E-state index in [0.29, 0.717) is 5.92 Å². The van der Waals surface area contributed by atoms with Crippen molar-refractivity contribution in [3.8, 4) is 0 Å². The Balaban J connectivity index is 2.55. The van der Waals surface area contributed by atoms with Gasteiger partial charge >= 0.3 is 5.97 Å². The first-order valence-corrected chi connectivity index (χ1v) is 8.79. The van der Waals surface area contributed by atoms with Gasteiger partial charge in [-0.3, -0.25) is 4.79 Å². The van der Waals surface area contributed by atoms with Crippen molar-refractivity contribution in [1.29, 1.82) is 0 Å². The van der Waals surface area contributed by atoms with E-state index in [0.717, 1.165) is 19.3 Å². The number of hydrogen-bond donors (Lipinski definition) is 0. The summed E-state index contributed by atoms with van der Waals surface area (Å²) in [5.74, 6) is 0.185. The number of ether oxygens (including phenoxy) is 1. The molecule has 0 aromatic heterocycles. The number of carbonyl (C=O) groups excluding carboxylic acids is 1. The molecule has 2 heteroatoms. The lowest BCUT2D eigenvalue weighted by Gasteiger charge is -2.32. The molecule has 1 rings (SSSR count). The summed E-state index contributed by atoms with van der Waals surface area (Å²) in [6.45, 7) is 14.7. The second-order valence-electron chi connectivity index (χ2n) is 8.54. The molecular formula is C21H34O2. The van der Waals surface area contributed by atoms with Gasteiger partial charge in [-0.05, 0) is 50.0 Å². The van der Waals surface area contributed by atoms with Crippen LogP contribution in [0.2, 0.25) is 0 Å². The summed E-state index contributed by atoms with van der Waals surface area (Å²) in [6.07, 6.45) is 2.95. The summed E-state index contributed by atoms with van der Waals surface area (Å²) < 4.78 is 5.77. The number of benzene rings is 1. The zero-order valence-electron chi connectivity index (χ0n) is 16.0. The van der Waals surface area contributed by atoms with E-state index >= 15 is 0 Å². The molecule has 1 aromatic rings. The maximum Gasteiger partial charge on any atom is 0.309 e. The monoisotopic (exact) mass is 318 g/mol. The molecule has 0 saturated heterocycles. The van der Waals surface area contributed by atoms with Gasteiger partial charge in [-0.2, -0.15) is 0 Å². The van der Waals surface area contributed by atoms with Crippen molar-refractivity contribution in [2.24, 2.45) is 17.3 Å². The minimum absolute atomic E-state index is 0.0494. The predicted octanol–water partition coefficient (Wildman–Crippen LogP) is 5.65. The van der Waals surface area contributed by atoms with Crippen LogP contribution in [0.15, 0.2) is 30.3 Å². The fourth-order valence-electron chi connectivity index (χ4n) is 2.56. The van der Waals surface area contributed by atoms with Crippen LogP contribution >= 0.6 is 0 Å². The van der Waals surface area contributed by atoms with E-state index in [9.17, 15) is 4.79 Å². The van der Waals surface area contributed by atoms with Crippen LogP contribution < -0.4 is 0 Å². The normalized spacial score (nSPS) is 13.9. The van der Waals surface area contributed by atoms with E-state index in [1.165, 1.54) is 5.56 Å². The molecule has 0 aliphatic rings. The number of hydrogen-bond acceptors (Lipinski definition) is 2. The molecule has 23 heavy (non-hydrogen) atoms.